The lowest BCUT2D eigenvalue weighted by Crippen LogP contribution is -2.22. The van der Waals surface area contributed by atoms with Crippen LogP contribution in [0.4, 0.5) is 0 Å². The number of halogens is 1. The van der Waals surface area contributed by atoms with Crippen molar-refractivity contribution in [3.8, 4) is 0 Å². The molecule has 0 radical (unpaired) electrons. The van der Waals surface area contributed by atoms with Crippen molar-refractivity contribution in [1.29, 1.82) is 0 Å². The van der Waals surface area contributed by atoms with E-state index in [2.05, 4.69) is 20.6 Å². The van der Waals surface area contributed by atoms with Crippen molar-refractivity contribution >= 4 is 11.6 Å². The molecule has 0 aliphatic heterocycles. The van der Waals surface area contributed by atoms with Crippen LogP contribution in [0.5, 0.6) is 0 Å². The molecule has 1 atom stereocenters. The van der Waals surface area contributed by atoms with Gasteiger partial charge in [-0.2, -0.15) is 15.3 Å². The second-order valence-corrected chi connectivity index (χ2v) is 4.66. The number of hydrogen-bond acceptors (Lipinski definition) is 4. The van der Waals surface area contributed by atoms with Gasteiger partial charge in [-0.3, -0.25) is 4.68 Å². The number of rotatable bonds is 3. The highest BCUT2D eigenvalue weighted by Gasteiger charge is 2.21. The van der Waals surface area contributed by atoms with E-state index in [0.29, 0.717) is 5.02 Å². The Kier molecular flexibility index (Phi) is 3.63. The lowest BCUT2D eigenvalue weighted by atomic mass is 10.0. The number of nitrogens with one attached hydrogen (secondary N) is 1. The van der Waals surface area contributed by atoms with Crippen LogP contribution in [0.15, 0.2) is 12.3 Å². The first-order valence-electron chi connectivity index (χ1n) is 5.70. The molecule has 1 unspecified atom stereocenters. The standard InChI is InChI=1S/C12H16ClN5/c1-7-5-9(8(2)17-16-7)11(14-3)12-10(13)6-15-18(12)4/h5-6,11,14H,1-4H3. The zero-order valence-corrected chi connectivity index (χ0v) is 11.7. The summed E-state index contributed by atoms with van der Waals surface area (Å²) >= 11 is 6.20. The molecular weight excluding hydrogens is 250 g/mol. The Morgan fingerprint density at radius 3 is 2.61 bits per heavy atom. The Morgan fingerprint density at radius 2 is 2.06 bits per heavy atom. The smallest absolute Gasteiger partial charge is 0.0837 e. The molecule has 6 heteroatoms. The van der Waals surface area contributed by atoms with E-state index in [-0.39, 0.29) is 6.04 Å². The minimum Gasteiger partial charge on any atom is -0.308 e. The normalized spacial score (nSPS) is 12.7. The molecule has 2 aromatic heterocycles. The Hall–Kier alpha value is -1.46. The molecule has 1 N–H and O–H groups in total. The maximum absolute atomic E-state index is 6.20. The average molecular weight is 266 g/mol. The second kappa shape index (κ2) is 5.04. The van der Waals surface area contributed by atoms with Crippen LogP contribution in [0.2, 0.25) is 5.02 Å². The summed E-state index contributed by atoms with van der Waals surface area (Å²) in [5.74, 6) is 0. The highest BCUT2D eigenvalue weighted by Crippen LogP contribution is 2.28. The molecule has 2 heterocycles. The Morgan fingerprint density at radius 1 is 1.33 bits per heavy atom. The van der Waals surface area contributed by atoms with Gasteiger partial charge >= 0.3 is 0 Å². The summed E-state index contributed by atoms with van der Waals surface area (Å²) in [5, 5.41) is 16.3. The first kappa shape index (κ1) is 13.0. The van der Waals surface area contributed by atoms with E-state index < -0.39 is 0 Å². The zero-order valence-electron chi connectivity index (χ0n) is 10.9. The summed E-state index contributed by atoms with van der Waals surface area (Å²) in [7, 11) is 3.77. The lowest BCUT2D eigenvalue weighted by Gasteiger charge is -2.19. The molecule has 18 heavy (non-hydrogen) atoms. The van der Waals surface area contributed by atoms with Crippen molar-refractivity contribution in [2.75, 3.05) is 7.05 Å². The number of hydrogen-bond donors (Lipinski definition) is 1. The van der Waals surface area contributed by atoms with Crippen LogP contribution < -0.4 is 5.32 Å². The second-order valence-electron chi connectivity index (χ2n) is 4.25. The van der Waals surface area contributed by atoms with E-state index in [1.807, 2.05) is 34.0 Å². The highest BCUT2D eigenvalue weighted by atomic mass is 35.5. The first-order valence-corrected chi connectivity index (χ1v) is 6.08. The molecule has 0 amide bonds. The van der Waals surface area contributed by atoms with Crippen LogP contribution in [-0.2, 0) is 7.05 Å². The molecule has 96 valence electrons. The van der Waals surface area contributed by atoms with Crippen molar-refractivity contribution in [3.05, 3.63) is 39.9 Å². The van der Waals surface area contributed by atoms with Gasteiger partial charge in [0.05, 0.1) is 34.3 Å². The number of aryl methyl sites for hydroxylation is 3. The molecule has 2 rings (SSSR count). The molecule has 0 aliphatic rings. The topological polar surface area (TPSA) is 55.6 Å². The summed E-state index contributed by atoms with van der Waals surface area (Å²) in [5.41, 5.74) is 3.76. The third kappa shape index (κ3) is 2.23. The van der Waals surface area contributed by atoms with Gasteiger partial charge in [0, 0.05) is 12.6 Å². The van der Waals surface area contributed by atoms with E-state index in [1.54, 1.807) is 10.9 Å². The van der Waals surface area contributed by atoms with Crippen molar-refractivity contribution < 1.29 is 0 Å². The lowest BCUT2D eigenvalue weighted by molar-refractivity contribution is 0.599. The van der Waals surface area contributed by atoms with Gasteiger partial charge in [0.1, 0.15) is 0 Å². The Bertz CT molecular complexity index is 544. The van der Waals surface area contributed by atoms with Crippen molar-refractivity contribution in [1.82, 2.24) is 25.3 Å². The van der Waals surface area contributed by atoms with E-state index in [0.717, 1.165) is 22.6 Å². The van der Waals surface area contributed by atoms with Crippen molar-refractivity contribution in [3.63, 3.8) is 0 Å². The number of aromatic nitrogens is 4. The summed E-state index contributed by atoms with van der Waals surface area (Å²) in [4.78, 5) is 0. The minimum atomic E-state index is -0.0424. The van der Waals surface area contributed by atoms with Crippen LogP contribution in [0.25, 0.3) is 0 Å². The van der Waals surface area contributed by atoms with Crippen LogP contribution >= 0.6 is 11.6 Å². The van der Waals surface area contributed by atoms with E-state index >= 15 is 0 Å². The molecule has 0 saturated carbocycles. The van der Waals surface area contributed by atoms with Crippen LogP contribution in [0.1, 0.15) is 28.7 Å². The SMILES string of the molecule is CNC(c1cc(C)nnc1C)c1c(Cl)cnn1C. The molecule has 0 aromatic carbocycles. The Labute approximate surface area is 111 Å². The highest BCUT2D eigenvalue weighted by molar-refractivity contribution is 6.31. The molecule has 0 bridgehead atoms. The summed E-state index contributed by atoms with van der Waals surface area (Å²) in [6.45, 7) is 3.86. The molecule has 0 fully saturated rings. The minimum absolute atomic E-state index is 0.0424. The maximum atomic E-state index is 6.20. The average Bonchev–Trinajstić information content (AvgIpc) is 2.66. The van der Waals surface area contributed by atoms with Gasteiger partial charge in [0.2, 0.25) is 0 Å². The largest absolute Gasteiger partial charge is 0.308 e. The van der Waals surface area contributed by atoms with Gasteiger partial charge in [-0.15, -0.1) is 0 Å². The fourth-order valence-electron chi connectivity index (χ4n) is 2.05. The third-order valence-corrected chi connectivity index (χ3v) is 3.24. The molecule has 2 aromatic rings. The van der Waals surface area contributed by atoms with Crippen molar-refractivity contribution in [2.45, 2.75) is 19.9 Å². The fourth-order valence-corrected chi connectivity index (χ4v) is 2.32. The van der Waals surface area contributed by atoms with Crippen LogP contribution in [0.3, 0.4) is 0 Å². The quantitative estimate of drug-likeness (QED) is 0.919. The zero-order chi connectivity index (χ0) is 13.3. The van der Waals surface area contributed by atoms with Crippen molar-refractivity contribution in [2.24, 2.45) is 7.05 Å². The predicted octanol–water partition coefficient (Wildman–Crippen LogP) is 1.79. The summed E-state index contributed by atoms with van der Waals surface area (Å²) < 4.78 is 1.78. The van der Waals surface area contributed by atoms with Gasteiger partial charge in [0.15, 0.2) is 0 Å². The molecule has 0 aliphatic carbocycles. The van der Waals surface area contributed by atoms with E-state index in [4.69, 9.17) is 11.6 Å². The van der Waals surface area contributed by atoms with Gasteiger partial charge in [0.25, 0.3) is 0 Å². The molecule has 0 spiro atoms. The Balaban J connectivity index is 2.55. The molecule has 0 saturated heterocycles. The maximum Gasteiger partial charge on any atom is 0.0837 e. The fraction of sp³-hybridized carbons (Fsp3) is 0.417. The third-order valence-electron chi connectivity index (χ3n) is 2.95. The summed E-state index contributed by atoms with van der Waals surface area (Å²) in [6.07, 6.45) is 1.65. The van der Waals surface area contributed by atoms with Gasteiger partial charge in [-0.05, 0) is 27.0 Å². The molecule has 5 nitrogen and oxygen atoms in total. The van der Waals surface area contributed by atoms with Crippen LogP contribution in [-0.4, -0.2) is 27.0 Å². The molecular formula is C12H16ClN5. The first-order chi connectivity index (χ1) is 8.54. The van der Waals surface area contributed by atoms with Gasteiger partial charge < -0.3 is 5.32 Å². The van der Waals surface area contributed by atoms with Gasteiger partial charge in [-0.1, -0.05) is 11.6 Å². The summed E-state index contributed by atoms with van der Waals surface area (Å²) in [6, 6.07) is 1.98. The predicted molar refractivity (Wildman–Crippen MR) is 70.6 cm³/mol. The van der Waals surface area contributed by atoms with Gasteiger partial charge in [-0.25, -0.2) is 0 Å². The van der Waals surface area contributed by atoms with Crippen LogP contribution in [0, 0.1) is 13.8 Å². The van der Waals surface area contributed by atoms with E-state index in [9.17, 15) is 0 Å². The van der Waals surface area contributed by atoms with E-state index in [1.165, 1.54) is 0 Å². The monoisotopic (exact) mass is 265 g/mol. The number of nitrogens with zero attached hydrogens (tertiary/aromatic N) is 4.